The molecule has 0 bridgehead atoms. The van der Waals surface area contributed by atoms with Gasteiger partial charge < -0.3 is 4.74 Å². The number of aromatic nitrogens is 3. The maximum atomic E-state index is 5.91. The molecular formula is C21H24N4O. The van der Waals surface area contributed by atoms with E-state index in [0.29, 0.717) is 12.5 Å². The maximum Gasteiger partial charge on any atom is 0.130 e. The number of aromatic amines is 1. The van der Waals surface area contributed by atoms with Crippen LogP contribution in [0.2, 0.25) is 0 Å². The number of benzene rings is 1. The molecule has 5 nitrogen and oxygen atoms in total. The van der Waals surface area contributed by atoms with Crippen LogP contribution in [0.5, 0.6) is 5.75 Å². The van der Waals surface area contributed by atoms with Gasteiger partial charge >= 0.3 is 0 Å². The second kappa shape index (κ2) is 8.15. The number of H-pyrrole nitrogens is 1. The fraction of sp³-hybridized carbons (Fsp3) is 0.333. The molecule has 1 aliphatic heterocycles. The number of hydrogen-bond acceptors (Lipinski definition) is 4. The van der Waals surface area contributed by atoms with Crippen molar-refractivity contribution < 1.29 is 4.74 Å². The zero-order valence-electron chi connectivity index (χ0n) is 14.8. The Morgan fingerprint density at radius 3 is 2.96 bits per heavy atom. The first kappa shape index (κ1) is 16.8. The molecule has 1 fully saturated rings. The van der Waals surface area contributed by atoms with E-state index in [2.05, 4.69) is 44.3 Å². The van der Waals surface area contributed by atoms with Crippen molar-refractivity contribution in [3.05, 3.63) is 77.9 Å². The van der Waals surface area contributed by atoms with Crippen LogP contribution in [-0.4, -0.2) is 33.2 Å². The Hall–Kier alpha value is -2.66. The average molecular weight is 348 g/mol. The molecular weight excluding hydrogens is 324 g/mol. The topological polar surface area (TPSA) is 54.0 Å². The van der Waals surface area contributed by atoms with Crippen LogP contribution >= 0.6 is 0 Å². The summed E-state index contributed by atoms with van der Waals surface area (Å²) in [6, 6.07) is 16.4. The molecule has 0 unspecified atom stereocenters. The predicted molar refractivity (Wildman–Crippen MR) is 101 cm³/mol. The molecule has 0 saturated carbocycles. The molecule has 0 radical (unpaired) electrons. The largest absolute Gasteiger partial charge is 0.487 e. The molecule has 2 aromatic heterocycles. The van der Waals surface area contributed by atoms with E-state index in [0.717, 1.165) is 31.1 Å². The summed E-state index contributed by atoms with van der Waals surface area (Å²) < 4.78 is 5.91. The summed E-state index contributed by atoms with van der Waals surface area (Å²) in [6.45, 7) is 3.66. The Labute approximate surface area is 154 Å². The fourth-order valence-electron chi connectivity index (χ4n) is 3.58. The van der Waals surface area contributed by atoms with Crippen molar-refractivity contribution in [2.75, 3.05) is 13.1 Å². The summed E-state index contributed by atoms with van der Waals surface area (Å²) in [4.78, 5) is 6.82. The van der Waals surface area contributed by atoms with Crippen LogP contribution in [0.1, 0.15) is 35.7 Å². The van der Waals surface area contributed by atoms with E-state index in [1.807, 2.05) is 30.5 Å². The van der Waals surface area contributed by atoms with Crippen molar-refractivity contribution in [1.82, 2.24) is 20.1 Å². The lowest BCUT2D eigenvalue weighted by Crippen LogP contribution is -2.34. The van der Waals surface area contributed by atoms with Gasteiger partial charge in [0.25, 0.3) is 0 Å². The lowest BCUT2D eigenvalue weighted by Gasteiger charge is -2.32. The lowest BCUT2D eigenvalue weighted by atomic mass is 9.94. The zero-order chi connectivity index (χ0) is 17.6. The van der Waals surface area contributed by atoms with E-state index in [1.54, 1.807) is 6.20 Å². The normalized spacial score (nSPS) is 17.9. The molecule has 4 rings (SSSR count). The summed E-state index contributed by atoms with van der Waals surface area (Å²) in [6.07, 6.45) is 6.09. The number of pyridine rings is 1. The number of ether oxygens (including phenoxy) is 1. The highest BCUT2D eigenvalue weighted by Gasteiger charge is 2.22. The van der Waals surface area contributed by atoms with E-state index in [-0.39, 0.29) is 0 Å². The van der Waals surface area contributed by atoms with Crippen LogP contribution in [0.3, 0.4) is 0 Å². The number of nitrogens with zero attached hydrogens (tertiary/aromatic N) is 3. The molecule has 26 heavy (non-hydrogen) atoms. The summed E-state index contributed by atoms with van der Waals surface area (Å²) in [7, 11) is 0. The van der Waals surface area contributed by atoms with Crippen LogP contribution in [-0.2, 0) is 13.2 Å². The Bertz CT molecular complexity index is 804. The van der Waals surface area contributed by atoms with Crippen molar-refractivity contribution in [1.29, 1.82) is 0 Å². The fourth-order valence-corrected chi connectivity index (χ4v) is 3.58. The first-order chi connectivity index (χ1) is 12.9. The van der Waals surface area contributed by atoms with Crippen LogP contribution in [0.25, 0.3) is 0 Å². The third-order valence-corrected chi connectivity index (χ3v) is 4.89. The maximum absolute atomic E-state index is 5.91. The first-order valence-corrected chi connectivity index (χ1v) is 9.20. The van der Waals surface area contributed by atoms with E-state index in [1.165, 1.54) is 24.1 Å². The van der Waals surface area contributed by atoms with Crippen molar-refractivity contribution in [2.45, 2.75) is 31.9 Å². The van der Waals surface area contributed by atoms with E-state index in [9.17, 15) is 0 Å². The highest BCUT2D eigenvalue weighted by molar-refractivity contribution is 5.28. The van der Waals surface area contributed by atoms with E-state index < -0.39 is 0 Å². The molecule has 1 N–H and O–H groups in total. The summed E-state index contributed by atoms with van der Waals surface area (Å²) >= 11 is 0. The molecule has 3 aromatic rings. The van der Waals surface area contributed by atoms with Crippen molar-refractivity contribution >= 4 is 0 Å². The lowest BCUT2D eigenvalue weighted by molar-refractivity contribution is 0.198. The van der Waals surface area contributed by atoms with Crippen molar-refractivity contribution in [3.63, 3.8) is 0 Å². The highest BCUT2D eigenvalue weighted by Crippen LogP contribution is 2.26. The quantitative estimate of drug-likeness (QED) is 0.737. The Kier molecular flexibility index (Phi) is 5.26. The Morgan fingerprint density at radius 1 is 1.12 bits per heavy atom. The van der Waals surface area contributed by atoms with Crippen LogP contribution in [0.4, 0.5) is 0 Å². The Balaban J connectivity index is 1.36. The van der Waals surface area contributed by atoms with Gasteiger partial charge in [-0.25, -0.2) is 0 Å². The third-order valence-electron chi connectivity index (χ3n) is 4.89. The van der Waals surface area contributed by atoms with Gasteiger partial charge in [-0.3, -0.25) is 15.0 Å². The van der Waals surface area contributed by atoms with Gasteiger partial charge in [-0.15, -0.1) is 0 Å². The molecule has 0 aliphatic carbocycles. The van der Waals surface area contributed by atoms with Gasteiger partial charge in [0.1, 0.15) is 12.4 Å². The van der Waals surface area contributed by atoms with E-state index >= 15 is 0 Å². The number of hydrogen-bond donors (Lipinski definition) is 1. The SMILES string of the molecule is c1ccc(COc2cccc(CN3CCC[C@H](c4ccn[nH]4)C3)c2)nc1. The third kappa shape index (κ3) is 4.29. The van der Waals surface area contributed by atoms with Crippen LogP contribution in [0.15, 0.2) is 60.9 Å². The number of likely N-dealkylation sites (tertiary alicyclic amines) is 1. The molecule has 0 spiro atoms. The smallest absolute Gasteiger partial charge is 0.130 e. The number of rotatable bonds is 6. The minimum absolute atomic E-state index is 0.496. The van der Waals surface area contributed by atoms with Gasteiger partial charge in [0.2, 0.25) is 0 Å². The van der Waals surface area contributed by atoms with Crippen LogP contribution in [0, 0.1) is 0 Å². The van der Waals surface area contributed by atoms with Gasteiger partial charge in [-0.05, 0) is 55.3 Å². The molecule has 3 heterocycles. The second-order valence-electron chi connectivity index (χ2n) is 6.84. The van der Waals surface area contributed by atoms with Gasteiger partial charge in [0.15, 0.2) is 0 Å². The number of piperidine rings is 1. The zero-order valence-corrected chi connectivity index (χ0v) is 14.8. The molecule has 1 aliphatic rings. The molecule has 5 heteroatoms. The van der Waals surface area contributed by atoms with E-state index in [4.69, 9.17) is 4.74 Å². The van der Waals surface area contributed by atoms with Crippen molar-refractivity contribution in [3.8, 4) is 5.75 Å². The van der Waals surface area contributed by atoms with Crippen molar-refractivity contribution in [2.24, 2.45) is 0 Å². The summed E-state index contributed by atoms with van der Waals surface area (Å²) in [5.41, 5.74) is 3.48. The van der Waals surface area contributed by atoms with Gasteiger partial charge in [-0.1, -0.05) is 18.2 Å². The minimum atomic E-state index is 0.496. The van der Waals surface area contributed by atoms with Crippen LogP contribution < -0.4 is 4.74 Å². The molecule has 134 valence electrons. The minimum Gasteiger partial charge on any atom is -0.487 e. The van der Waals surface area contributed by atoms with Gasteiger partial charge in [0.05, 0.1) is 5.69 Å². The summed E-state index contributed by atoms with van der Waals surface area (Å²) in [5, 5.41) is 7.23. The molecule has 0 amide bonds. The monoisotopic (exact) mass is 348 g/mol. The molecule has 1 aromatic carbocycles. The van der Waals surface area contributed by atoms with Gasteiger partial charge in [-0.2, -0.15) is 5.10 Å². The van der Waals surface area contributed by atoms with Gasteiger partial charge in [0, 0.05) is 37.1 Å². The number of nitrogens with one attached hydrogen (secondary N) is 1. The highest BCUT2D eigenvalue weighted by atomic mass is 16.5. The Morgan fingerprint density at radius 2 is 2.12 bits per heavy atom. The second-order valence-corrected chi connectivity index (χ2v) is 6.84. The molecule has 1 atom stereocenters. The summed E-state index contributed by atoms with van der Waals surface area (Å²) in [5.74, 6) is 1.45. The first-order valence-electron chi connectivity index (χ1n) is 9.20. The molecule has 1 saturated heterocycles. The predicted octanol–water partition coefficient (Wildman–Crippen LogP) is 3.76. The average Bonchev–Trinajstić information content (AvgIpc) is 3.23. The standard InChI is InChI=1S/C21H24N4O/c1-2-10-22-19(7-1)16-26-20-8-3-5-17(13-20)14-25-12-4-6-18(15-25)21-9-11-23-24-21/h1-3,5,7-11,13,18H,4,6,12,14-16H2,(H,23,24)/t18-/m0/s1.